The molecule has 17 heavy (non-hydrogen) atoms. The van der Waals surface area contributed by atoms with Gasteiger partial charge in [-0.15, -0.1) is 0 Å². The van der Waals surface area contributed by atoms with E-state index in [4.69, 9.17) is 15.2 Å². The summed E-state index contributed by atoms with van der Waals surface area (Å²) in [6.45, 7) is 2.75. The van der Waals surface area contributed by atoms with Crippen LogP contribution in [0.15, 0.2) is 0 Å². The second-order valence-corrected chi connectivity index (χ2v) is 3.89. The third-order valence-electron chi connectivity index (χ3n) is 2.65. The smallest absolute Gasteiger partial charge is 0.322 e. The number of nitrogens with one attached hydrogen (secondary N) is 1. The summed E-state index contributed by atoms with van der Waals surface area (Å²) in [5, 5.41) is 3.18. The maximum Gasteiger partial charge on any atom is 0.322 e. The number of nitrogens with zero attached hydrogens (tertiary/aromatic N) is 3. The molecule has 0 amide bonds. The van der Waals surface area contributed by atoms with Gasteiger partial charge in [0.25, 0.3) is 0 Å². The Bertz CT molecular complexity index is 381. The second-order valence-electron chi connectivity index (χ2n) is 3.89. The summed E-state index contributed by atoms with van der Waals surface area (Å²) in [6, 6.07) is 0.554. The van der Waals surface area contributed by atoms with Gasteiger partial charge in [-0.25, -0.2) is 0 Å². The van der Waals surface area contributed by atoms with Crippen molar-refractivity contribution in [2.75, 3.05) is 24.8 Å². The lowest BCUT2D eigenvalue weighted by molar-refractivity contribution is 0.00284. The molecule has 0 unspecified atom stereocenters. The van der Waals surface area contributed by atoms with Crippen LogP contribution in [0, 0.1) is 0 Å². The Morgan fingerprint density at radius 1 is 1.35 bits per heavy atom. The third kappa shape index (κ3) is 2.94. The molecule has 0 spiro atoms. The minimum absolute atomic E-state index is 0.153. The molecular weight excluding hydrogens is 222 g/mol. The van der Waals surface area contributed by atoms with Crippen LogP contribution in [0.2, 0.25) is 0 Å². The van der Waals surface area contributed by atoms with Gasteiger partial charge in [0.05, 0.1) is 13.2 Å². The fourth-order valence-corrected chi connectivity index (χ4v) is 1.77. The first-order valence-electron chi connectivity index (χ1n) is 5.65. The molecule has 1 aromatic heterocycles. The Kier molecular flexibility index (Phi) is 3.58. The van der Waals surface area contributed by atoms with E-state index in [0.29, 0.717) is 18.1 Å². The molecule has 1 heterocycles. The predicted octanol–water partition coefficient (Wildman–Crippen LogP) is 0.442. The SMILES string of the molecule is CCOC1CC(Nc2nc(N)nc(OC)n2)C1. The third-order valence-corrected chi connectivity index (χ3v) is 2.65. The fourth-order valence-electron chi connectivity index (χ4n) is 1.77. The van der Waals surface area contributed by atoms with Gasteiger partial charge in [0, 0.05) is 12.6 Å². The lowest BCUT2D eigenvalue weighted by Crippen LogP contribution is -2.41. The van der Waals surface area contributed by atoms with Crippen molar-refractivity contribution in [3.8, 4) is 6.01 Å². The minimum Gasteiger partial charge on any atom is -0.467 e. The maximum absolute atomic E-state index is 5.54. The minimum atomic E-state index is 0.153. The average molecular weight is 239 g/mol. The van der Waals surface area contributed by atoms with Crippen LogP contribution in [0.25, 0.3) is 0 Å². The predicted molar refractivity (Wildman–Crippen MR) is 62.9 cm³/mol. The van der Waals surface area contributed by atoms with Crippen molar-refractivity contribution in [1.29, 1.82) is 0 Å². The van der Waals surface area contributed by atoms with E-state index in [1.54, 1.807) is 0 Å². The van der Waals surface area contributed by atoms with Crippen LogP contribution in [-0.4, -0.2) is 40.8 Å². The van der Waals surface area contributed by atoms with Crippen molar-refractivity contribution in [3.05, 3.63) is 0 Å². The quantitative estimate of drug-likeness (QED) is 0.769. The monoisotopic (exact) mass is 239 g/mol. The normalized spacial score (nSPS) is 22.9. The van der Waals surface area contributed by atoms with Gasteiger partial charge in [-0.05, 0) is 19.8 Å². The number of aromatic nitrogens is 3. The summed E-state index contributed by atoms with van der Waals surface area (Å²) in [5.74, 6) is 0.606. The van der Waals surface area contributed by atoms with E-state index in [1.165, 1.54) is 7.11 Å². The van der Waals surface area contributed by atoms with E-state index in [2.05, 4.69) is 20.3 Å². The Morgan fingerprint density at radius 3 is 2.76 bits per heavy atom. The van der Waals surface area contributed by atoms with Crippen LogP contribution < -0.4 is 15.8 Å². The Labute approximate surface area is 99.8 Å². The molecule has 0 atom stereocenters. The van der Waals surface area contributed by atoms with Crippen LogP contribution in [0.3, 0.4) is 0 Å². The first kappa shape index (κ1) is 11.8. The molecule has 1 aromatic rings. The Morgan fingerprint density at radius 2 is 2.12 bits per heavy atom. The highest BCUT2D eigenvalue weighted by atomic mass is 16.5. The lowest BCUT2D eigenvalue weighted by atomic mass is 9.89. The zero-order chi connectivity index (χ0) is 12.3. The van der Waals surface area contributed by atoms with Crippen molar-refractivity contribution >= 4 is 11.9 Å². The molecule has 1 saturated carbocycles. The molecule has 0 bridgehead atoms. The maximum atomic E-state index is 5.54. The molecule has 0 aliphatic heterocycles. The van der Waals surface area contributed by atoms with Crippen molar-refractivity contribution in [2.24, 2.45) is 0 Å². The summed E-state index contributed by atoms with van der Waals surface area (Å²) < 4.78 is 10.4. The molecule has 0 aromatic carbocycles. The topological polar surface area (TPSA) is 95.2 Å². The number of hydrogen-bond donors (Lipinski definition) is 2. The van der Waals surface area contributed by atoms with Crippen molar-refractivity contribution in [2.45, 2.75) is 31.9 Å². The summed E-state index contributed by atoms with van der Waals surface area (Å²) in [6.07, 6.45) is 2.27. The van der Waals surface area contributed by atoms with Crippen molar-refractivity contribution in [3.63, 3.8) is 0 Å². The first-order chi connectivity index (χ1) is 8.21. The molecule has 0 radical (unpaired) electrons. The highest BCUT2D eigenvalue weighted by Gasteiger charge is 2.30. The van der Waals surface area contributed by atoms with E-state index in [0.717, 1.165) is 19.4 Å². The van der Waals surface area contributed by atoms with E-state index in [9.17, 15) is 0 Å². The number of ether oxygens (including phenoxy) is 2. The molecule has 3 N–H and O–H groups in total. The number of nitrogen functional groups attached to an aromatic ring is 1. The zero-order valence-electron chi connectivity index (χ0n) is 10.0. The van der Waals surface area contributed by atoms with E-state index < -0.39 is 0 Å². The van der Waals surface area contributed by atoms with Crippen LogP contribution in [0.4, 0.5) is 11.9 Å². The fraction of sp³-hybridized carbons (Fsp3) is 0.700. The largest absolute Gasteiger partial charge is 0.467 e. The Balaban J connectivity index is 1.89. The molecule has 1 aliphatic carbocycles. The van der Waals surface area contributed by atoms with Gasteiger partial charge in [0.15, 0.2) is 0 Å². The molecule has 7 heteroatoms. The summed E-state index contributed by atoms with van der Waals surface area (Å²) in [4.78, 5) is 11.9. The summed E-state index contributed by atoms with van der Waals surface area (Å²) in [7, 11) is 1.49. The van der Waals surface area contributed by atoms with Gasteiger partial charge in [-0.3, -0.25) is 0 Å². The standard InChI is InChI=1S/C10H17N5O2/c1-3-17-7-4-6(5-7)12-9-13-8(11)14-10(15-9)16-2/h6-7H,3-5H2,1-2H3,(H3,11,12,13,14,15). The lowest BCUT2D eigenvalue weighted by Gasteiger charge is -2.35. The molecule has 0 saturated heterocycles. The van der Waals surface area contributed by atoms with E-state index in [1.807, 2.05) is 6.92 Å². The van der Waals surface area contributed by atoms with Crippen LogP contribution in [-0.2, 0) is 4.74 Å². The number of methoxy groups -OCH3 is 1. The molecule has 94 valence electrons. The molecular formula is C10H17N5O2. The van der Waals surface area contributed by atoms with Gasteiger partial charge in [-0.2, -0.15) is 15.0 Å². The molecule has 2 rings (SSSR count). The first-order valence-corrected chi connectivity index (χ1v) is 5.65. The Hall–Kier alpha value is -1.63. The van der Waals surface area contributed by atoms with Gasteiger partial charge < -0.3 is 20.5 Å². The van der Waals surface area contributed by atoms with Crippen molar-refractivity contribution < 1.29 is 9.47 Å². The molecule has 7 nitrogen and oxygen atoms in total. The van der Waals surface area contributed by atoms with Crippen molar-refractivity contribution in [1.82, 2.24) is 15.0 Å². The van der Waals surface area contributed by atoms with Crippen LogP contribution >= 0.6 is 0 Å². The second kappa shape index (κ2) is 5.13. The number of rotatable bonds is 5. The van der Waals surface area contributed by atoms with Gasteiger partial charge in [0.2, 0.25) is 11.9 Å². The van der Waals surface area contributed by atoms with E-state index >= 15 is 0 Å². The van der Waals surface area contributed by atoms with Gasteiger partial charge in [0.1, 0.15) is 0 Å². The average Bonchev–Trinajstić information content (AvgIpc) is 2.25. The molecule has 1 aliphatic rings. The summed E-state index contributed by atoms with van der Waals surface area (Å²) in [5.41, 5.74) is 5.54. The highest BCUT2D eigenvalue weighted by Crippen LogP contribution is 2.26. The van der Waals surface area contributed by atoms with Gasteiger partial charge >= 0.3 is 6.01 Å². The van der Waals surface area contributed by atoms with Crippen LogP contribution in [0.1, 0.15) is 19.8 Å². The number of nitrogens with two attached hydrogens (primary N) is 1. The number of anilines is 2. The highest BCUT2D eigenvalue weighted by molar-refractivity contribution is 5.34. The van der Waals surface area contributed by atoms with Gasteiger partial charge in [-0.1, -0.05) is 0 Å². The number of hydrogen-bond acceptors (Lipinski definition) is 7. The van der Waals surface area contributed by atoms with Crippen LogP contribution in [0.5, 0.6) is 6.01 Å². The molecule has 1 fully saturated rings. The zero-order valence-corrected chi connectivity index (χ0v) is 10.0. The summed E-state index contributed by atoms with van der Waals surface area (Å²) >= 11 is 0. The van der Waals surface area contributed by atoms with E-state index in [-0.39, 0.29) is 12.0 Å².